The van der Waals surface area contributed by atoms with E-state index in [1.165, 1.54) is 4.57 Å². The quantitative estimate of drug-likeness (QED) is 0.379. The minimum atomic E-state index is -1.36. The molecule has 0 spiro atoms. The third-order valence-corrected chi connectivity index (χ3v) is 3.87. The molecule has 1 saturated heterocycles. The minimum absolute atomic E-state index is 0.0328. The summed E-state index contributed by atoms with van der Waals surface area (Å²) in [5, 5.41) is 28.9. The Balaban J connectivity index is 2.19. The van der Waals surface area contributed by atoms with Gasteiger partial charge >= 0.3 is 5.69 Å². The largest absolute Gasteiger partial charge is 0.394 e. The van der Waals surface area contributed by atoms with Crippen LogP contribution in [0.4, 0.5) is 0 Å². The van der Waals surface area contributed by atoms with E-state index in [-0.39, 0.29) is 15.9 Å². The van der Waals surface area contributed by atoms with E-state index in [0.717, 1.165) is 0 Å². The van der Waals surface area contributed by atoms with Crippen molar-refractivity contribution in [3.05, 3.63) is 25.6 Å². The van der Waals surface area contributed by atoms with E-state index in [2.05, 4.69) is 25.9 Å². The maximum Gasteiger partial charge on any atom is 0.327 e. The molecule has 21 heavy (non-hydrogen) atoms. The number of aromatic amines is 2. The number of halogens is 1. The van der Waals surface area contributed by atoms with Crippen molar-refractivity contribution < 1.29 is 20.1 Å². The molecule has 1 aliphatic heterocycles. The summed E-state index contributed by atoms with van der Waals surface area (Å²) >= 11 is 3.11. The highest BCUT2D eigenvalue weighted by Crippen LogP contribution is 2.33. The van der Waals surface area contributed by atoms with Crippen LogP contribution in [0.2, 0.25) is 0 Å². The SMILES string of the molecule is O=c1[nH]c(=O)c2nc(Br)n(C3O[C@H](CO)C(O)C3O)c2[nH]1. The highest BCUT2D eigenvalue weighted by atomic mass is 79.9. The lowest BCUT2D eigenvalue weighted by Gasteiger charge is -2.17. The molecule has 3 rings (SSSR count). The third-order valence-electron chi connectivity index (χ3n) is 3.31. The highest BCUT2D eigenvalue weighted by molar-refractivity contribution is 9.10. The lowest BCUT2D eigenvalue weighted by molar-refractivity contribution is -0.0521. The first kappa shape index (κ1) is 14.4. The summed E-state index contributed by atoms with van der Waals surface area (Å²) in [5.74, 6) is 0. The summed E-state index contributed by atoms with van der Waals surface area (Å²) < 4.78 is 6.71. The van der Waals surface area contributed by atoms with Gasteiger partial charge in [0.1, 0.15) is 18.3 Å². The van der Waals surface area contributed by atoms with E-state index in [4.69, 9.17) is 9.84 Å². The second kappa shape index (κ2) is 5.03. The molecule has 10 nitrogen and oxygen atoms in total. The number of hydrogen-bond acceptors (Lipinski definition) is 7. The van der Waals surface area contributed by atoms with Crippen molar-refractivity contribution in [1.82, 2.24) is 19.5 Å². The summed E-state index contributed by atoms with van der Waals surface area (Å²) in [4.78, 5) is 31.4. The Morgan fingerprint density at radius 3 is 2.62 bits per heavy atom. The number of rotatable bonds is 2. The van der Waals surface area contributed by atoms with Crippen LogP contribution in [0.5, 0.6) is 0 Å². The van der Waals surface area contributed by atoms with Gasteiger partial charge in [-0.2, -0.15) is 0 Å². The van der Waals surface area contributed by atoms with E-state index in [9.17, 15) is 19.8 Å². The van der Waals surface area contributed by atoms with Crippen molar-refractivity contribution in [2.24, 2.45) is 0 Å². The Morgan fingerprint density at radius 1 is 1.29 bits per heavy atom. The van der Waals surface area contributed by atoms with Crippen molar-refractivity contribution in [3.63, 3.8) is 0 Å². The average molecular weight is 363 g/mol. The van der Waals surface area contributed by atoms with E-state index < -0.39 is 42.4 Å². The van der Waals surface area contributed by atoms with Gasteiger partial charge < -0.3 is 20.1 Å². The smallest absolute Gasteiger partial charge is 0.327 e. The zero-order valence-corrected chi connectivity index (χ0v) is 11.9. The Kier molecular flexibility index (Phi) is 3.45. The van der Waals surface area contributed by atoms with Crippen molar-refractivity contribution in [3.8, 4) is 0 Å². The molecule has 1 aliphatic rings. The maximum absolute atomic E-state index is 11.7. The Morgan fingerprint density at radius 2 is 2.00 bits per heavy atom. The van der Waals surface area contributed by atoms with Crippen molar-refractivity contribution in [2.45, 2.75) is 24.5 Å². The number of H-pyrrole nitrogens is 2. The van der Waals surface area contributed by atoms with Crippen LogP contribution in [-0.2, 0) is 4.74 Å². The van der Waals surface area contributed by atoms with Crippen LogP contribution >= 0.6 is 15.9 Å². The fourth-order valence-electron chi connectivity index (χ4n) is 2.31. The van der Waals surface area contributed by atoms with Gasteiger partial charge in [0.05, 0.1) is 6.61 Å². The summed E-state index contributed by atoms with van der Waals surface area (Å²) in [6, 6.07) is 0. The lowest BCUT2D eigenvalue weighted by Crippen LogP contribution is -2.33. The summed E-state index contributed by atoms with van der Waals surface area (Å²) in [5.41, 5.74) is -1.46. The molecule has 0 amide bonds. The zero-order chi connectivity index (χ0) is 15.3. The van der Waals surface area contributed by atoms with E-state index >= 15 is 0 Å². The molecule has 11 heteroatoms. The van der Waals surface area contributed by atoms with Crippen LogP contribution in [0.25, 0.3) is 11.2 Å². The van der Waals surface area contributed by atoms with Gasteiger partial charge in [0.25, 0.3) is 5.56 Å². The molecular formula is C10H11BrN4O6. The van der Waals surface area contributed by atoms with Crippen LogP contribution < -0.4 is 11.2 Å². The van der Waals surface area contributed by atoms with Gasteiger partial charge in [-0.1, -0.05) is 0 Å². The number of aliphatic hydroxyl groups is 3. The third kappa shape index (κ3) is 2.13. The van der Waals surface area contributed by atoms with Crippen molar-refractivity contribution in [2.75, 3.05) is 6.61 Å². The molecule has 4 atom stereocenters. The molecule has 114 valence electrons. The first-order valence-corrected chi connectivity index (χ1v) is 6.76. The minimum Gasteiger partial charge on any atom is -0.394 e. The predicted octanol–water partition coefficient (Wildman–Crippen LogP) is -2.21. The summed E-state index contributed by atoms with van der Waals surface area (Å²) in [6.07, 6.45) is -4.77. The maximum atomic E-state index is 11.7. The Bertz CT molecular complexity index is 797. The fourth-order valence-corrected chi connectivity index (χ4v) is 2.87. The Hall–Kier alpha value is -1.53. The molecule has 5 N–H and O–H groups in total. The van der Waals surface area contributed by atoms with Crippen LogP contribution in [0.1, 0.15) is 6.23 Å². The van der Waals surface area contributed by atoms with Gasteiger partial charge in [-0.05, 0) is 15.9 Å². The topological polar surface area (TPSA) is 153 Å². The van der Waals surface area contributed by atoms with E-state index in [1.807, 2.05) is 4.98 Å². The molecule has 0 bridgehead atoms. The zero-order valence-electron chi connectivity index (χ0n) is 10.4. The van der Waals surface area contributed by atoms with Crippen molar-refractivity contribution in [1.29, 1.82) is 0 Å². The molecule has 2 aromatic heterocycles. The number of hydrogen-bond donors (Lipinski definition) is 5. The van der Waals surface area contributed by atoms with Gasteiger partial charge in [0.15, 0.2) is 22.1 Å². The van der Waals surface area contributed by atoms with E-state index in [1.54, 1.807) is 0 Å². The molecule has 1 fully saturated rings. The molecule has 0 aromatic carbocycles. The molecule has 2 aromatic rings. The fraction of sp³-hybridized carbons (Fsp3) is 0.500. The number of nitrogens with zero attached hydrogens (tertiary/aromatic N) is 2. The van der Waals surface area contributed by atoms with Crippen LogP contribution in [0.3, 0.4) is 0 Å². The van der Waals surface area contributed by atoms with Gasteiger partial charge in [0.2, 0.25) is 0 Å². The summed E-state index contributed by atoms with van der Waals surface area (Å²) in [6.45, 7) is -0.490. The first-order chi connectivity index (χ1) is 9.93. The highest BCUT2D eigenvalue weighted by Gasteiger charge is 2.44. The average Bonchev–Trinajstić information content (AvgIpc) is 2.89. The second-order valence-corrected chi connectivity index (χ2v) is 5.29. The number of nitrogens with one attached hydrogen (secondary N) is 2. The molecule has 3 heterocycles. The van der Waals surface area contributed by atoms with Crippen LogP contribution in [-0.4, -0.2) is 59.8 Å². The summed E-state index contributed by atoms with van der Waals surface area (Å²) in [7, 11) is 0. The van der Waals surface area contributed by atoms with Gasteiger partial charge in [-0.25, -0.2) is 9.78 Å². The number of ether oxygens (including phenoxy) is 1. The molecule has 0 saturated carbocycles. The first-order valence-electron chi connectivity index (χ1n) is 5.96. The number of fused-ring (bicyclic) bond motifs is 1. The Labute approximate surface area is 124 Å². The van der Waals surface area contributed by atoms with Crippen LogP contribution in [0.15, 0.2) is 14.3 Å². The van der Waals surface area contributed by atoms with E-state index in [0.29, 0.717) is 0 Å². The second-order valence-electron chi connectivity index (χ2n) is 4.59. The van der Waals surface area contributed by atoms with Crippen LogP contribution in [0, 0.1) is 0 Å². The van der Waals surface area contributed by atoms with Gasteiger partial charge in [-0.15, -0.1) is 0 Å². The number of aromatic nitrogens is 4. The lowest BCUT2D eigenvalue weighted by atomic mass is 10.1. The van der Waals surface area contributed by atoms with Gasteiger partial charge in [-0.3, -0.25) is 19.3 Å². The number of imidazole rings is 1. The normalized spacial score (nSPS) is 29.3. The molecule has 0 radical (unpaired) electrons. The monoisotopic (exact) mass is 362 g/mol. The molecule has 3 unspecified atom stereocenters. The standard InChI is InChI=1S/C10H11BrN4O6/c11-9-12-3-6(13-10(20)14-7(3)19)15(9)8-5(18)4(17)2(1-16)21-8/h2,4-5,8,16-18H,1H2,(H2,13,14,19,20)/t2-,4?,5?,8?/m1/s1. The molecule has 0 aliphatic carbocycles. The number of aliphatic hydroxyl groups excluding tert-OH is 3. The predicted molar refractivity (Wildman–Crippen MR) is 71.7 cm³/mol. The van der Waals surface area contributed by atoms with Gasteiger partial charge in [0, 0.05) is 0 Å². The van der Waals surface area contributed by atoms with Crippen molar-refractivity contribution >= 4 is 27.1 Å². The molecular weight excluding hydrogens is 352 g/mol.